The quantitative estimate of drug-likeness (QED) is 0.765. The number of nitrogens with zero attached hydrogens (tertiary/aromatic N) is 1. The minimum atomic E-state index is -0.186. The molecule has 108 valence electrons. The summed E-state index contributed by atoms with van der Waals surface area (Å²) < 4.78 is 0. The average molecular weight is 309 g/mol. The second-order valence-electron chi connectivity index (χ2n) is 4.75. The van der Waals surface area contributed by atoms with Crippen molar-refractivity contribution in [2.24, 2.45) is 0 Å². The predicted octanol–water partition coefficient (Wildman–Crippen LogP) is 4.65. The van der Waals surface area contributed by atoms with Gasteiger partial charge in [-0.2, -0.15) is 0 Å². The van der Waals surface area contributed by atoms with Crippen LogP contribution in [0.2, 0.25) is 5.02 Å². The Balaban J connectivity index is 1.92. The van der Waals surface area contributed by atoms with Crippen molar-refractivity contribution in [3.05, 3.63) is 83.6 Å². The Morgan fingerprint density at radius 3 is 2.45 bits per heavy atom. The van der Waals surface area contributed by atoms with Gasteiger partial charge in [0, 0.05) is 28.7 Å². The number of carbonyl (C=O) groups excluding carboxylic acids is 1. The van der Waals surface area contributed by atoms with Crippen molar-refractivity contribution in [2.75, 3.05) is 5.32 Å². The van der Waals surface area contributed by atoms with Crippen LogP contribution in [0.3, 0.4) is 0 Å². The highest BCUT2D eigenvalue weighted by atomic mass is 35.5. The summed E-state index contributed by atoms with van der Waals surface area (Å²) in [6, 6.07) is 18.6. The molecule has 0 radical (unpaired) electrons. The summed E-state index contributed by atoms with van der Waals surface area (Å²) >= 11 is 5.93. The van der Waals surface area contributed by atoms with Crippen LogP contribution < -0.4 is 5.32 Å². The van der Waals surface area contributed by atoms with Gasteiger partial charge in [-0.15, -0.1) is 0 Å². The summed E-state index contributed by atoms with van der Waals surface area (Å²) in [6.45, 7) is 0. The topological polar surface area (TPSA) is 42.0 Å². The molecule has 1 aromatic heterocycles. The molecule has 0 fully saturated rings. The van der Waals surface area contributed by atoms with E-state index in [9.17, 15) is 4.79 Å². The Morgan fingerprint density at radius 1 is 0.955 bits per heavy atom. The van der Waals surface area contributed by atoms with Crippen LogP contribution in [0.1, 0.15) is 10.4 Å². The normalized spacial score (nSPS) is 10.2. The summed E-state index contributed by atoms with van der Waals surface area (Å²) in [5.74, 6) is -0.186. The number of rotatable bonds is 3. The largest absolute Gasteiger partial charge is 0.321 e. The third kappa shape index (κ3) is 3.15. The molecule has 0 atom stereocenters. The molecule has 0 unspecified atom stereocenters. The molecule has 22 heavy (non-hydrogen) atoms. The molecule has 2 aromatic carbocycles. The fourth-order valence-electron chi connectivity index (χ4n) is 2.16. The third-order valence-corrected chi connectivity index (χ3v) is 3.51. The summed E-state index contributed by atoms with van der Waals surface area (Å²) in [6.07, 6.45) is 3.18. The van der Waals surface area contributed by atoms with Crippen molar-refractivity contribution < 1.29 is 4.79 Å². The minimum Gasteiger partial charge on any atom is -0.321 e. The van der Waals surface area contributed by atoms with Gasteiger partial charge in [-0.25, -0.2) is 0 Å². The number of hydrogen-bond donors (Lipinski definition) is 1. The van der Waals surface area contributed by atoms with Crippen LogP contribution in [0, 0.1) is 0 Å². The van der Waals surface area contributed by atoms with Gasteiger partial charge in [0.2, 0.25) is 0 Å². The van der Waals surface area contributed by atoms with E-state index in [1.54, 1.807) is 24.5 Å². The van der Waals surface area contributed by atoms with Gasteiger partial charge in [-0.3, -0.25) is 9.78 Å². The molecule has 1 N–H and O–H groups in total. The van der Waals surface area contributed by atoms with Gasteiger partial charge in [0.05, 0.1) is 5.56 Å². The number of halogens is 1. The molecular formula is C18H13ClN2O. The maximum absolute atomic E-state index is 12.3. The average Bonchev–Trinajstić information content (AvgIpc) is 2.57. The van der Waals surface area contributed by atoms with E-state index in [4.69, 9.17) is 11.6 Å². The highest BCUT2D eigenvalue weighted by Crippen LogP contribution is 2.29. The number of benzene rings is 2. The summed E-state index contributed by atoms with van der Waals surface area (Å²) in [7, 11) is 0. The molecule has 1 amide bonds. The molecule has 0 saturated carbocycles. The van der Waals surface area contributed by atoms with E-state index in [2.05, 4.69) is 10.3 Å². The monoisotopic (exact) mass is 308 g/mol. The Hall–Kier alpha value is -2.65. The molecule has 1 heterocycles. The zero-order valence-corrected chi connectivity index (χ0v) is 12.4. The van der Waals surface area contributed by atoms with Crippen LogP contribution >= 0.6 is 11.6 Å². The first-order chi connectivity index (χ1) is 10.7. The lowest BCUT2D eigenvalue weighted by atomic mass is 10.0. The van der Waals surface area contributed by atoms with E-state index in [0.717, 1.165) is 16.8 Å². The van der Waals surface area contributed by atoms with E-state index in [-0.39, 0.29) is 5.91 Å². The van der Waals surface area contributed by atoms with Gasteiger partial charge >= 0.3 is 0 Å². The second-order valence-corrected chi connectivity index (χ2v) is 5.18. The standard InChI is InChI=1S/C18H13ClN2O/c19-15-9-7-13(8-10-15)16-5-1-2-6-17(16)21-18(22)14-4-3-11-20-12-14/h1-12H,(H,21,22). The molecule has 4 heteroatoms. The predicted molar refractivity (Wildman–Crippen MR) is 89.1 cm³/mol. The highest BCUT2D eigenvalue weighted by Gasteiger charge is 2.10. The van der Waals surface area contributed by atoms with Gasteiger partial charge in [0.25, 0.3) is 5.91 Å². The molecule has 0 aliphatic rings. The van der Waals surface area contributed by atoms with Crippen LogP contribution in [0.25, 0.3) is 11.1 Å². The maximum Gasteiger partial charge on any atom is 0.257 e. The summed E-state index contributed by atoms with van der Waals surface area (Å²) in [4.78, 5) is 16.2. The first kappa shape index (κ1) is 14.3. The summed E-state index contributed by atoms with van der Waals surface area (Å²) in [5.41, 5.74) is 3.20. The Kier molecular flexibility index (Phi) is 4.17. The molecular weight excluding hydrogens is 296 g/mol. The van der Waals surface area contributed by atoms with Crippen molar-refractivity contribution in [3.8, 4) is 11.1 Å². The number of aromatic nitrogens is 1. The lowest BCUT2D eigenvalue weighted by Crippen LogP contribution is -2.12. The molecule has 3 rings (SSSR count). The van der Waals surface area contributed by atoms with E-state index in [1.165, 1.54) is 0 Å². The van der Waals surface area contributed by atoms with Crippen molar-refractivity contribution in [3.63, 3.8) is 0 Å². The second kappa shape index (κ2) is 6.41. The molecule has 3 nitrogen and oxygen atoms in total. The molecule has 3 aromatic rings. The van der Waals surface area contributed by atoms with Gasteiger partial charge in [0.15, 0.2) is 0 Å². The molecule has 0 saturated heterocycles. The smallest absolute Gasteiger partial charge is 0.257 e. The minimum absolute atomic E-state index is 0.186. The number of nitrogens with one attached hydrogen (secondary N) is 1. The molecule has 0 spiro atoms. The number of para-hydroxylation sites is 1. The summed E-state index contributed by atoms with van der Waals surface area (Å²) in [5, 5.41) is 3.61. The van der Waals surface area contributed by atoms with E-state index < -0.39 is 0 Å². The lowest BCUT2D eigenvalue weighted by Gasteiger charge is -2.11. The molecule has 0 bridgehead atoms. The number of pyridine rings is 1. The number of anilines is 1. The zero-order chi connectivity index (χ0) is 15.4. The highest BCUT2D eigenvalue weighted by molar-refractivity contribution is 6.30. The van der Waals surface area contributed by atoms with Crippen molar-refractivity contribution in [1.29, 1.82) is 0 Å². The van der Waals surface area contributed by atoms with E-state index in [0.29, 0.717) is 10.6 Å². The van der Waals surface area contributed by atoms with Crippen molar-refractivity contribution in [1.82, 2.24) is 4.98 Å². The van der Waals surface area contributed by atoms with Crippen LogP contribution in [-0.2, 0) is 0 Å². The van der Waals surface area contributed by atoms with Crippen LogP contribution in [0.4, 0.5) is 5.69 Å². The SMILES string of the molecule is O=C(Nc1ccccc1-c1ccc(Cl)cc1)c1cccnc1. The number of hydrogen-bond acceptors (Lipinski definition) is 2. The first-order valence-electron chi connectivity index (χ1n) is 6.80. The number of amides is 1. The van der Waals surface area contributed by atoms with Crippen LogP contribution in [0.5, 0.6) is 0 Å². The van der Waals surface area contributed by atoms with Gasteiger partial charge in [-0.05, 0) is 35.9 Å². The molecule has 0 aliphatic carbocycles. The van der Waals surface area contributed by atoms with Crippen LogP contribution in [-0.4, -0.2) is 10.9 Å². The fraction of sp³-hybridized carbons (Fsp3) is 0. The fourth-order valence-corrected chi connectivity index (χ4v) is 2.29. The van der Waals surface area contributed by atoms with Crippen molar-refractivity contribution >= 4 is 23.2 Å². The zero-order valence-electron chi connectivity index (χ0n) is 11.7. The molecule has 0 aliphatic heterocycles. The Bertz CT molecular complexity index is 786. The van der Waals surface area contributed by atoms with Gasteiger partial charge in [0.1, 0.15) is 0 Å². The third-order valence-electron chi connectivity index (χ3n) is 3.25. The maximum atomic E-state index is 12.3. The number of carbonyl (C=O) groups is 1. The first-order valence-corrected chi connectivity index (χ1v) is 7.18. The van der Waals surface area contributed by atoms with Crippen LogP contribution in [0.15, 0.2) is 73.1 Å². The van der Waals surface area contributed by atoms with Gasteiger partial charge < -0.3 is 5.32 Å². The Morgan fingerprint density at radius 2 is 1.73 bits per heavy atom. The Labute approximate surface area is 133 Å². The van der Waals surface area contributed by atoms with E-state index >= 15 is 0 Å². The van der Waals surface area contributed by atoms with Gasteiger partial charge in [-0.1, -0.05) is 41.9 Å². The van der Waals surface area contributed by atoms with E-state index in [1.807, 2.05) is 48.5 Å². The van der Waals surface area contributed by atoms with Crippen molar-refractivity contribution in [2.45, 2.75) is 0 Å². The lowest BCUT2D eigenvalue weighted by molar-refractivity contribution is 0.102.